The van der Waals surface area contributed by atoms with Crippen molar-refractivity contribution in [3.63, 3.8) is 0 Å². The monoisotopic (exact) mass is 744 g/mol. The van der Waals surface area contributed by atoms with Crippen LogP contribution in [0.2, 0.25) is 0 Å². The van der Waals surface area contributed by atoms with E-state index >= 15 is 0 Å². The lowest BCUT2D eigenvalue weighted by molar-refractivity contribution is 0.649. The Kier molecular flexibility index (Phi) is 7.08. The van der Waals surface area contributed by atoms with Crippen molar-refractivity contribution in [3.8, 4) is 56.2 Å². The molecule has 0 bridgehead atoms. The minimum absolute atomic E-state index is 0.470. The maximum absolute atomic E-state index is 7.03. The zero-order chi connectivity index (χ0) is 37.5. The molecular formula is C53H32N2OS. The third kappa shape index (κ3) is 4.74. The number of aromatic nitrogens is 2. The highest BCUT2D eigenvalue weighted by atomic mass is 32.2. The van der Waals surface area contributed by atoms with Crippen LogP contribution in [0.5, 0.6) is 0 Å². The van der Waals surface area contributed by atoms with Crippen LogP contribution in [0.25, 0.3) is 78.1 Å². The Hall–Kier alpha value is -7.01. The van der Waals surface area contributed by atoms with Crippen LogP contribution in [-0.4, -0.2) is 9.97 Å². The summed E-state index contributed by atoms with van der Waals surface area (Å²) in [7, 11) is 0. The summed E-state index contributed by atoms with van der Waals surface area (Å²) in [4.78, 5) is 12.8. The normalized spacial score (nSPS) is 13.3. The SMILES string of the molecule is c1ccc(-c2ccc(-c3cc(-c4cccc5oc6c7c(ccc6c45)C4(c5ccccc5S7)c5ccccc5-c5ccccc54)nc(-c4ccccc4)n3)cc2)cc1. The van der Waals surface area contributed by atoms with E-state index in [4.69, 9.17) is 14.4 Å². The van der Waals surface area contributed by atoms with Gasteiger partial charge in [0.25, 0.3) is 0 Å². The van der Waals surface area contributed by atoms with Crippen molar-refractivity contribution in [1.29, 1.82) is 0 Å². The molecule has 4 heteroatoms. The number of fused-ring (bicyclic) bond motifs is 13. The zero-order valence-electron chi connectivity index (χ0n) is 30.7. The predicted molar refractivity (Wildman–Crippen MR) is 232 cm³/mol. The van der Waals surface area contributed by atoms with Crippen molar-refractivity contribution in [1.82, 2.24) is 9.97 Å². The zero-order valence-corrected chi connectivity index (χ0v) is 31.5. The van der Waals surface area contributed by atoms with Gasteiger partial charge in [0, 0.05) is 32.4 Å². The van der Waals surface area contributed by atoms with Crippen molar-refractivity contribution < 1.29 is 4.42 Å². The largest absolute Gasteiger partial charge is 0.455 e. The Morgan fingerprint density at radius 2 is 1.00 bits per heavy atom. The Morgan fingerprint density at radius 1 is 0.421 bits per heavy atom. The van der Waals surface area contributed by atoms with E-state index in [1.807, 2.05) is 36.0 Å². The van der Waals surface area contributed by atoms with Gasteiger partial charge in [-0.2, -0.15) is 0 Å². The summed E-state index contributed by atoms with van der Waals surface area (Å²) in [6.07, 6.45) is 0. The number of furan rings is 1. The fourth-order valence-electron chi connectivity index (χ4n) is 9.32. The Labute approximate surface area is 334 Å². The van der Waals surface area contributed by atoms with Gasteiger partial charge in [0.1, 0.15) is 11.2 Å². The highest BCUT2D eigenvalue weighted by molar-refractivity contribution is 7.99. The van der Waals surface area contributed by atoms with E-state index < -0.39 is 5.41 Å². The van der Waals surface area contributed by atoms with Gasteiger partial charge in [-0.15, -0.1) is 0 Å². The molecule has 3 nitrogen and oxygen atoms in total. The molecule has 1 aliphatic heterocycles. The fraction of sp³-hybridized carbons (Fsp3) is 0.0189. The van der Waals surface area contributed by atoms with Gasteiger partial charge >= 0.3 is 0 Å². The van der Waals surface area contributed by atoms with Gasteiger partial charge in [-0.25, -0.2) is 9.97 Å². The lowest BCUT2D eigenvalue weighted by Gasteiger charge is -2.39. The highest BCUT2D eigenvalue weighted by Crippen LogP contribution is 2.63. The van der Waals surface area contributed by atoms with Gasteiger partial charge in [0.15, 0.2) is 5.82 Å². The molecule has 1 aliphatic carbocycles. The first-order valence-corrected chi connectivity index (χ1v) is 20.1. The minimum atomic E-state index is -0.470. The third-order valence-electron chi connectivity index (χ3n) is 11.8. The van der Waals surface area contributed by atoms with Gasteiger partial charge in [0.2, 0.25) is 0 Å². The summed E-state index contributed by atoms with van der Waals surface area (Å²) >= 11 is 1.82. The fourth-order valence-corrected chi connectivity index (χ4v) is 10.6. The molecule has 0 unspecified atom stereocenters. The molecule has 266 valence electrons. The molecule has 0 radical (unpaired) electrons. The lowest BCUT2D eigenvalue weighted by Crippen LogP contribution is -2.31. The summed E-state index contributed by atoms with van der Waals surface area (Å²) in [5, 5.41) is 2.13. The number of rotatable bonds is 4. The van der Waals surface area contributed by atoms with Crippen LogP contribution in [0.3, 0.4) is 0 Å². The van der Waals surface area contributed by atoms with Gasteiger partial charge in [-0.3, -0.25) is 0 Å². The lowest BCUT2D eigenvalue weighted by atomic mass is 9.67. The Bertz CT molecular complexity index is 3160. The number of hydrogen-bond donors (Lipinski definition) is 0. The summed E-state index contributed by atoms with van der Waals surface area (Å²) in [5.41, 5.74) is 16.1. The maximum Gasteiger partial charge on any atom is 0.160 e. The van der Waals surface area contributed by atoms with Gasteiger partial charge in [0.05, 0.1) is 21.7 Å². The minimum Gasteiger partial charge on any atom is -0.455 e. The number of nitrogens with zero attached hydrogens (tertiary/aromatic N) is 2. The van der Waals surface area contributed by atoms with Crippen molar-refractivity contribution in [3.05, 3.63) is 216 Å². The molecule has 0 saturated carbocycles. The second kappa shape index (κ2) is 12.5. The topological polar surface area (TPSA) is 38.9 Å². The van der Waals surface area contributed by atoms with E-state index in [0.717, 1.165) is 54.9 Å². The molecule has 8 aromatic carbocycles. The average molecular weight is 745 g/mol. The molecule has 2 aliphatic rings. The quantitative estimate of drug-likeness (QED) is 0.180. The van der Waals surface area contributed by atoms with Crippen LogP contribution in [0.15, 0.2) is 208 Å². The van der Waals surface area contributed by atoms with Crippen LogP contribution in [0.4, 0.5) is 0 Å². The van der Waals surface area contributed by atoms with E-state index in [1.54, 1.807) is 0 Å². The summed E-state index contributed by atoms with van der Waals surface area (Å²) in [6, 6.07) is 69.3. The van der Waals surface area contributed by atoms with Gasteiger partial charge < -0.3 is 4.42 Å². The summed E-state index contributed by atoms with van der Waals surface area (Å²) in [5.74, 6) is 0.685. The van der Waals surface area contributed by atoms with Crippen LogP contribution in [0, 0.1) is 0 Å². The van der Waals surface area contributed by atoms with Crippen molar-refractivity contribution in [2.45, 2.75) is 15.2 Å². The molecule has 12 rings (SSSR count). The third-order valence-corrected chi connectivity index (χ3v) is 13.0. The average Bonchev–Trinajstić information content (AvgIpc) is 3.82. The van der Waals surface area contributed by atoms with E-state index in [1.165, 1.54) is 49.4 Å². The molecule has 2 aromatic heterocycles. The van der Waals surface area contributed by atoms with Gasteiger partial charge in [-0.1, -0.05) is 188 Å². The summed E-state index contributed by atoms with van der Waals surface area (Å²) in [6.45, 7) is 0. The first-order valence-electron chi connectivity index (χ1n) is 19.3. The van der Waals surface area contributed by atoms with Crippen molar-refractivity contribution in [2.75, 3.05) is 0 Å². The van der Waals surface area contributed by atoms with Crippen LogP contribution in [0.1, 0.15) is 22.3 Å². The second-order valence-electron chi connectivity index (χ2n) is 14.8. The molecular weight excluding hydrogens is 713 g/mol. The molecule has 3 heterocycles. The van der Waals surface area contributed by atoms with Crippen LogP contribution in [-0.2, 0) is 5.41 Å². The molecule has 0 fully saturated rings. The van der Waals surface area contributed by atoms with E-state index in [0.29, 0.717) is 5.82 Å². The maximum atomic E-state index is 7.03. The Balaban J connectivity index is 1.08. The molecule has 1 spiro atoms. The van der Waals surface area contributed by atoms with E-state index in [-0.39, 0.29) is 0 Å². The molecule has 0 amide bonds. The number of benzene rings is 8. The first kappa shape index (κ1) is 32.3. The van der Waals surface area contributed by atoms with Crippen molar-refractivity contribution in [2.24, 2.45) is 0 Å². The molecule has 10 aromatic rings. The highest BCUT2D eigenvalue weighted by Gasteiger charge is 2.50. The molecule has 0 saturated heterocycles. The van der Waals surface area contributed by atoms with Crippen LogP contribution >= 0.6 is 11.8 Å². The first-order chi connectivity index (χ1) is 28.3. The smallest absolute Gasteiger partial charge is 0.160 e. The molecule has 0 atom stereocenters. The van der Waals surface area contributed by atoms with Gasteiger partial charge in [-0.05, 0) is 62.7 Å². The number of hydrogen-bond acceptors (Lipinski definition) is 4. The standard InChI is InChI=1S/C53H32N2OS/c1-3-14-33(15-4-1)34-26-28-35(29-27-34)45-32-46(55-52(54-45)36-16-5-2-6-17-36)39-20-13-24-47-49(39)40-30-31-44-51(50(40)56-47)57-48-25-12-11-23-43(48)53(44)41-21-9-7-18-37(41)38-19-8-10-22-42(38)53/h1-32H. The van der Waals surface area contributed by atoms with E-state index in [9.17, 15) is 0 Å². The van der Waals surface area contributed by atoms with Crippen molar-refractivity contribution >= 4 is 33.7 Å². The van der Waals surface area contributed by atoms with Crippen LogP contribution < -0.4 is 0 Å². The second-order valence-corrected chi connectivity index (χ2v) is 15.9. The predicted octanol–water partition coefficient (Wildman–Crippen LogP) is 13.9. The Morgan fingerprint density at radius 3 is 1.74 bits per heavy atom. The molecule has 57 heavy (non-hydrogen) atoms. The van der Waals surface area contributed by atoms with E-state index in [2.05, 4.69) is 170 Å². The molecule has 0 N–H and O–H groups in total. The summed E-state index contributed by atoms with van der Waals surface area (Å²) < 4.78 is 7.03.